The summed E-state index contributed by atoms with van der Waals surface area (Å²) in [6, 6.07) is 14.3. The SMILES string of the molecule is COc1ccc(NC(=O)C2CC(c3ccc(OC)cc3)NC2=O)cc1. The number of amides is 2. The largest absolute Gasteiger partial charge is 0.497 e. The Morgan fingerprint density at radius 3 is 2.12 bits per heavy atom. The topological polar surface area (TPSA) is 76.7 Å². The lowest BCUT2D eigenvalue weighted by Crippen LogP contribution is -2.30. The van der Waals surface area contributed by atoms with Crippen LogP contribution in [0.25, 0.3) is 0 Å². The number of benzene rings is 2. The van der Waals surface area contributed by atoms with Gasteiger partial charge >= 0.3 is 0 Å². The van der Waals surface area contributed by atoms with Crippen molar-refractivity contribution in [3.05, 3.63) is 54.1 Å². The standard InChI is InChI=1S/C19H20N2O4/c1-24-14-7-3-12(4-8-14)17-11-16(19(23)21-17)18(22)20-13-5-9-15(25-2)10-6-13/h3-10,16-17H,11H2,1-2H3,(H,20,22)(H,21,23). The molecule has 0 radical (unpaired) electrons. The van der Waals surface area contributed by atoms with E-state index >= 15 is 0 Å². The highest BCUT2D eigenvalue weighted by atomic mass is 16.5. The van der Waals surface area contributed by atoms with Gasteiger partial charge in [0, 0.05) is 5.69 Å². The molecule has 0 spiro atoms. The fourth-order valence-corrected chi connectivity index (χ4v) is 2.86. The molecular formula is C19H20N2O4. The first-order valence-corrected chi connectivity index (χ1v) is 8.00. The lowest BCUT2D eigenvalue weighted by atomic mass is 9.99. The van der Waals surface area contributed by atoms with Gasteiger partial charge in [0.25, 0.3) is 0 Å². The summed E-state index contributed by atoms with van der Waals surface area (Å²) >= 11 is 0. The predicted octanol–water partition coefficient (Wildman–Crippen LogP) is 2.52. The summed E-state index contributed by atoms with van der Waals surface area (Å²) in [5.74, 6) is 0.178. The van der Waals surface area contributed by atoms with Crippen molar-refractivity contribution < 1.29 is 19.1 Å². The number of methoxy groups -OCH3 is 2. The third-order valence-corrected chi connectivity index (χ3v) is 4.30. The monoisotopic (exact) mass is 340 g/mol. The molecule has 6 nitrogen and oxygen atoms in total. The summed E-state index contributed by atoms with van der Waals surface area (Å²) in [5, 5.41) is 5.66. The van der Waals surface area contributed by atoms with Crippen LogP contribution >= 0.6 is 0 Å². The molecule has 2 N–H and O–H groups in total. The van der Waals surface area contributed by atoms with E-state index in [1.165, 1.54) is 0 Å². The number of ether oxygens (including phenoxy) is 2. The van der Waals surface area contributed by atoms with Gasteiger partial charge in [-0.3, -0.25) is 9.59 Å². The van der Waals surface area contributed by atoms with Gasteiger partial charge in [0.05, 0.1) is 20.3 Å². The van der Waals surface area contributed by atoms with Crippen LogP contribution in [0.15, 0.2) is 48.5 Å². The minimum atomic E-state index is -0.714. The molecule has 1 fully saturated rings. The molecule has 130 valence electrons. The molecular weight excluding hydrogens is 320 g/mol. The van der Waals surface area contributed by atoms with Crippen molar-refractivity contribution >= 4 is 17.5 Å². The summed E-state index contributed by atoms with van der Waals surface area (Å²) in [5.41, 5.74) is 1.58. The lowest BCUT2D eigenvalue weighted by molar-refractivity contribution is -0.130. The second-order valence-electron chi connectivity index (χ2n) is 5.84. The Hall–Kier alpha value is -3.02. The molecule has 2 aromatic rings. The fourth-order valence-electron chi connectivity index (χ4n) is 2.86. The quantitative estimate of drug-likeness (QED) is 0.820. The molecule has 0 aromatic heterocycles. The van der Waals surface area contributed by atoms with Gasteiger partial charge in [0.15, 0.2) is 0 Å². The predicted molar refractivity (Wildman–Crippen MR) is 93.6 cm³/mol. The number of carbonyl (C=O) groups is 2. The Labute approximate surface area is 146 Å². The first-order chi connectivity index (χ1) is 12.1. The van der Waals surface area contributed by atoms with Gasteiger partial charge in [-0.05, 0) is 48.4 Å². The van der Waals surface area contributed by atoms with Crippen molar-refractivity contribution in [2.75, 3.05) is 19.5 Å². The minimum absolute atomic E-state index is 0.176. The number of carbonyl (C=O) groups excluding carboxylic acids is 2. The summed E-state index contributed by atoms with van der Waals surface area (Å²) < 4.78 is 10.2. The Bertz CT molecular complexity index is 756. The molecule has 1 saturated heterocycles. The van der Waals surface area contributed by atoms with Crippen LogP contribution in [0.5, 0.6) is 11.5 Å². The molecule has 0 bridgehead atoms. The van der Waals surface area contributed by atoms with Crippen LogP contribution in [0, 0.1) is 5.92 Å². The zero-order valence-corrected chi connectivity index (χ0v) is 14.1. The van der Waals surface area contributed by atoms with Crippen molar-refractivity contribution in [3.63, 3.8) is 0 Å². The number of hydrogen-bond donors (Lipinski definition) is 2. The Balaban J connectivity index is 1.65. The smallest absolute Gasteiger partial charge is 0.237 e. The average Bonchev–Trinajstić information content (AvgIpc) is 3.04. The molecule has 0 aliphatic carbocycles. The van der Waals surface area contributed by atoms with E-state index in [1.54, 1.807) is 38.5 Å². The second-order valence-corrected chi connectivity index (χ2v) is 5.84. The van der Waals surface area contributed by atoms with E-state index in [1.807, 2.05) is 24.3 Å². The van der Waals surface area contributed by atoms with Crippen LogP contribution < -0.4 is 20.1 Å². The van der Waals surface area contributed by atoms with E-state index < -0.39 is 5.92 Å². The highest BCUT2D eigenvalue weighted by Gasteiger charge is 2.37. The number of rotatable bonds is 5. The molecule has 1 heterocycles. The molecule has 2 aromatic carbocycles. The van der Waals surface area contributed by atoms with Gasteiger partial charge in [0.2, 0.25) is 11.8 Å². The van der Waals surface area contributed by atoms with Crippen LogP contribution in [0.4, 0.5) is 5.69 Å². The van der Waals surface area contributed by atoms with Gasteiger partial charge in [-0.1, -0.05) is 12.1 Å². The average molecular weight is 340 g/mol. The normalized spacial score (nSPS) is 19.2. The minimum Gasteiger partial charge on any atom is -0.497 e. The van der Waals surface area contributed by atoms with Crippen LogP contribution in [-0.4, -0.2) is 26.0 Å². The molecule has 6 heteroatoms. The lowest BCUT2D eigenvalue weighted by Gasteiger charge is -2.11. The molecule has 2 unspecified atom stereocenters. The van der Waals surface area contributed by atoms with E-state index in [0.717, 1.165) is 11.3 Å². The van der Waals surface area contributed by atoms with Crippen molar-refractivity contribution in [1.82, 2.24) is 5.32 Å². The van der Waals surface area contributed by atoms with E-state index in [4.69, 9.17) is 9.47 Å². The first-order valence-electron chi connectivity index (χ1n) is 8.00. The molecule has 25 heavy (non-hydrogen) atoms. The van der Waals surface area contributed by atoms with Crippen molar-refractivity contribution in [3.8, 4) is 11.5 Å². The Morgan fingerprint density at radius 2 is 1.56 bits per heavy atom. The van der Waals surface area contributed by atoms with Crippen LogP contribution in [-0.2, 0) is 9.59 Å². The maximum Gasteiger partial charge on any atom is 0.237 e. The molecule has 0 saturated carbocycles. The van der Waals surface area contributed by atoms with E-state index in [0.29, 0.717) is 17.9 Å². The Morgan fingerprint density at radius 1 is 1.00 bits per heavy atom. The fraction of sp³-hybridized carbons (Fsp3) is 0.263. The highest BCUT2D eigenvalue weighted by Crippen LogP contribution is 2.30. The third kappa shape index (κ3) is 3.74. The maximum absolute atomic E-state index is 12.4. The third-order valence-electron chi connectivity index (χ3n) is 4.30. The number of hydrogen-bond acceptors (Lipinski definition) is 4. The molecule has 1 aliphatic heterocycles. The highest BCUT2D eigenvalue weighted by molar-refractivity contribution is 6.07. The summed E-state index contributed by atoms with van der Waals surface area (Å²) in [6.07, 6.45) is 0.424. The zero-order chi connectivity index (χ0) is 17.8. The molecule has 3 rings (SSSR count). The zero-order valence-electron chi connectivity index (χ0n) is 14.1. The molecule has 1 aliphatic rings. The van der Waals surface area contributed by atoms with Gasteiger partial charge < -0.3 is 20.1 Å². The van der Waals surface area contributed by atoms with Gasteiger partial charge in [-0.2, -0.15) is 0 Å². The van der Waals surface area contributed by atoms with Gasteiger partial charge in [0.1, 0.15) is 17.4 Å². The van der Waals surface area contributed by atoms with Crippen LogP contribution in [0.3, 0.4) is 0 Å². The van der Waals surface area contributed by atoms with Crippen molar-refractivity contribution in [1.29, 1.82) is 0 Å². The van der Waals surface area contributed by atoms with E-state index in [9.17, 15) is 9.59 Å². The molecule has 2 atom stereocenters. The van der Waals surface area contributed by atoms with Crippen LogP contribution in [0.2, 0.25) is 0 Å². The van der Waals surface area contributed by atoms with Gasteiger partial charge in [-0.15, -0.1) is 0 Å². The van der Waals surface area contributed by atoms with Crippen LogP contribution in [0.1, 0.15) is 18.0 Å². The number of nitrogens with one attached hydrogen (secondary N) is 2. The first kappa shape index (κ1) is 16.8. The van der Waals surface area contributed by atoms with E-state index in [-0.39, 0.29) is 17.9 Å². The summed E-state index contributed by atoms with van der Waals surface area (Å²) in [4.78, 5) is 24.6. The maximum atomic E-state index is 12.4. The summed E-state index contributed by atoms with van der Waals surface area (Å²) in [6.45, 7) is 0. The van der Waals surface area contributed by atoms with Crippen molar-refractivity contribution in [2.45, 2.75) is 12.5 Å². The number of anilines is 1. The van der Waals surface area contributed by atoms with E-state index in [2.05, 4.69) is 10.6 Å². The van der Waals surface area contributed by atoms with Gasteiger partial charge in [-0.25, -0.2) is 0 Å². The Kier molecular flexibility index (Phi) is 4.88. The second kappa shape index (κ2) is 7.25. The molecule has 2 amide bonds. The van der Waals surface area contributed by atoms with Crippen molar-refractivity contribution in [2.24, 2.45) is 5.92 Å². The summed E-state index contributed by atoms with van der Waals surface area (Å²) in [7, 11) is 3.18.